The third-order valence-corrected chi connectivity index (χ3v) is 4.63. The predicted molar refractivity (Wildman–Crippen MR) is 105 cm³/mol. The Balaban J connectivity index is 1.67. The number of piperidine rings is 1. The molecule has 148 valence electrons. The highest BCUT2D eigenvalue weighted by atomic mass is 35.5. The molecule has 28 heavy (non-hydrogen) atoms. The van der Waals surface area contributed by atoms with Crippen LogP contribution in [0.5, 0.6) is 11.5 Å². The molecule has 0 radical (unpaired) electrons. The molecule has 1 saturated heterocycles. The number of anilines is 2. The number of benzene rings is 2. The summed E-state index contributed by atoms with van der Waals surface area (Å²) in [4.78, 5) is 26.1. The molecule has 0 aromatic heterocycles. The fourth-order valence-corrected chi connectivity index (χ4v) is 3.12. The van der Waals surface area contributed by atoms with Gasteiger partial charge in [-0.05, 0) is 43.2 Å². The predicted octanol–water partition coefficient (Wildman–Crippen LogP) is 4.02. The Bertz CT molecular complexity index is 891. The van der Waals surface area contributed by atoms with Crippen LogP contribution in [0.1, 0.15) is 19.3 Å². The van der Waals surface area contributed by atoms with Gasteiger partial charge in [0.15, 0.2) is 6.61 Å². The third kappa shape index (κ3) is 4.72. The molecule has 1 N–H and O–H groups in total. The maximum absolute atomic E-state index is 13.2. The van der Waals surface area contributed by atoms with Crippen LogP contribution in [0.25, 0.3) is 0 Å². The second-order valence-corrected chi connectivity index (χ2v) is 6.71. The number of amides is 2. The highest BCUT2D eigenvalue weighted by Gasteiger charge is 2.23. The number of carbonyl (C=O) groups excluding carboxylic acids is 2. The highest BCUT2D eigenvalue weighted by molar-refractivity contribution is 6.30. The number of methoxy groups -OCH3 is 1. The second-order valence-electron chi connectivity index (χ2n) is 6.30. The molecule has 3 rings (SSSR count). The standard InChI is InChI=1S/C20H20ClFN2O4/c1-27-18-8-5-13(10-17(18)24-9-3-2-4-20(24)26)23-19(25)12-28-14-6-7-16(22)15(21)11-14/h5-8,10-11H,2-4,9,12H2,1H3,(H,23,25). The molecule has 2 aromatic carbocycles. The Hall–Kier alpha value is -2.80. The third-order valence-electron chi connectivity index (χ3n) is 4.34. The topological polar surface area (TPSA) is 67.9 Å². The van der Waals surface area contributed by atoms with Gasteiger partial charge in [-0.3, -0.25) is 9.59 Å². The summed E-state index contributed by atoms with van der Waals surface area (Å²) in [5.41, 5.74) is 1.14. The number of hydrogen-bond acceptors (Lipinski definition) is 4. The van der Waals surface area contributed by atoms with E-state index in [1.54, 1.807) is 23.1 Å². The Kier molecular flexibility index (Phi) is 6.36. The van der Waals surface area contributed by atoms with E-state index in [1.165, 1.54) is 25.3 Å². The molecular formula is C20H20ClFN2O4. The number of hydrogen-bond donors (Lipinski definition) is 1. The van der Waals surface area contributed by atoms with Crippen molar-refractivity contribution in [3.05, 3.63) is 47.2 Å². The zero-order valence-corrected chi connectivity index (χ0v) is 16.1. The highest BCUT2D eigenvalue weighted by Crippen LogP contribution is 2.33. The van der Waals surface area contributed by atoms with Gasteiger partial charge in [0.2, 0.25) is 5.91 Å². The van der Waals surface area contributed by atoms with Crippen LogP contribution in [0.15, 0.2) is 36.4 Å². The first-order chi connectivity index (χ1) is 13.5. The molecule has 8 heteroatoms. The number of nitrogens with one attached hydrogen (secondary N) is 1. The molecular weight excluding hydrogens is 387 g/mol. The Morgan fingerprint density at radius 3 is 2.79 bits per heavy atom. The van der Waals surface area contributed by atoms with Crippen molar-refractivity contribution < 1.29 is 23.5 Å². The summed E-state index contributed by atoms with van der Waals surface area (Å²) in [7, 11) is 1.53. The summed E-state index contributed by atoms with van der Waals surface area (Å²) in [5.74, 6) is -0.0797. The van der Waals surface area contributed by atoms with Gasteiger partial charge in [-0.2, -0.15) is 0 Å². The average molecular weight is 407 g/mol. The van der Waals surface area contributed by atoms with E-state index >= 15 is 0 Å². The van der Waals surface area contributed by atoms with Crippen molar-refractivity contribution >= 4 is 34.8 Å². The van der Waals surface area contributed by atoms with Gasteiger partial charge in [0.1, 0.15) is 17.3 Å². The fraction of sp³-hybridized carbons (Fsp3) is 0.300. The lowest BCUT2D eigenvalue weighted by Crippen LogP contribution is -2.35. The zero-order valence-electron chi connectivity index (χ0n) is 15.3. The number of ether oxygens (including phenoxy) is 2. The lowest BCUT2D eigenvalue weighted by atomic mass is 10.1. The summed E-state index contributed by atoms with van der Waals surface area (Å²) in [5, 5.41) is 2.64. The smallest absolute Gasteiger partial charge is 0.262 e. The molecule has 2 amide bonds. The molecule has 1 heterocycles. The van der Waals surface area contributed by atoms with Crippen LogP contribution >= 0.6 is 11.6 Å². The lowest BCUT2D eigenvalue weighted by Gasteiger charge is -2.28. The molecule has 0 spiro atoms. The normalized spacial score (nSPS) is 14.0. The van der Waals surface area contributed by atoms with Gasteiger partial charge >= 0.3 is 0 Å². The van der Waals surface area contributed by atoms with E-state index in [0.29, 0.717) is 30.1 Å². The number of nitrogens with zero attached hydrogens (tertiary/aromatic N) is 1. The van der Waals surface area contributed by atoms with Crippen molar-refractivity contribution in [3.63, 3.8) is 0 Å². The average Bonchev–Trinajstić information content (AvgIpc) is 2.69. The summed E-state index contributed by atoms with van der Waals surface area (Å²) >= 11 is 5.69. The summed E-state index contributed by atoms with van der Waals surface area (Å²) in [6, 6.07) is 8.95. The maximum Gasteiger partial charge on any atom is 0.262 e. The summed E-state index contributed by atoms with van der Waals surface area (Å²) in [6.45, 7) is 0.340. The molecule has 0 atom stereocenters. The first-order valence-electron chi connectivity index (χ1n) is 8.84. The first kappa shape index (κ1) is 19.9. The van der Waals surface area contributed by atoms with Gasteiger partial charge in [0.25, 0.3) is 5.91 Å². The van der Waals surface area contributed by atoms with Crippen LogP contribution in [-0.2, 0) is 9.59 Å². The van der Waals surface area contributed by atoms with Gasteiger partial charge in [-0.25, -0.2) is 4.39 Å². The van der Waals surface area contributed by atoms with Crippen molar-refractivity contribution in [3.8, 4) is 11.5 Å². The number of carbonyl (C=O) groups is 2. The summed E-state index contributed by atoms with van der Waals surface area (Å²) < 4.78 is 23.9. The van der Waals surface area contributed by atoms with Crippen molar-refractivity contribution in [2.45, 2.75) is 19.3 Å². The molecule has 6 nitrogen and oxygen atoms in total. The van der Waals surface area contributed by atoms with Crippen LogP contribution in [0, 0.1) is 5.82 Å². The molecule has 2 aromatic rings. The summed E-state index contributed by atoms with van der Waals surface area (Å²) in [6.07, 6.45) is 2.28. The zero-order chi connectivity index (χ0) is 20.1. The minimum atomic E-state index is -0.559. The molecule has 1 fully saturated rings. The van der Waals surface area contributed by atoms with Gasteiger partial charge in [0.05, 0.1) is 17.8 Å². The van der Waals surface area contributed by atoms with E-state index in [1.807, 2.05) is 0 Å². The van der Waals surface area contributed by atoms with Gasteiger partial charge in [-0.15, -0.1) is 0 Å². The fourth-order valence-electron chi connectivity index (χ4n) is 2.95. The van der Waals surface area contributed by atoms with E-state index in [0.717, 1.165) is 12.8 Å². The second kappa shape index (κ2) is 8.93. The minimum absolute atomic E-state index is 0.0320. The Labute approximate surface area is 167 Å². The molecule has 0 unspecified atom stereocenters. The monoisotopic (exact) mass is 406 g/mol. The van der Waals surface area contributed by atoms with E-state index in [2.05, 4.69) is 5.32 Å². The van der Waals surface area contributed by atoms with E-state index in [-0.39, 0.29) is 23.3 Å². The van der Waals surface area contributed by atoms with Gasteiger partial charge in [0, 0.05) is 24.7 Å². The number of rotatable bonds is 6. The first-order valence-corrected chi connectivity index (χ1v) is 9.22. The quantitative estimate of drug-likeness (QED) is 0.786. The largest absolute Gasteiger partial charge is 0.495 e. The van der Waals surface area contributed by atoms with Crippen LogP contribution in [-0.4, -0.2) is 32.1 Å². The molecule has 0 saturated carbocycles. The van der Waals surface area contributed by atoms with Crippen molar-refractivity contribution in [2.24, 2.45) is 0 Å². The van der Waals surface area contributed by atoms with E-state index in [4.69, 9.17) is 21.1 Å². The van der Waals surface area contributed by atoms with Gasteiger partial charge < -0.3 is 19.7 Å². The SMILES string of the molecule is COc1ccc(NC(=O)COc2ccc(F)c(Cl)c2)cc1N1CCCCC1=O. The van der Waals surface area contributed by atoms with Crippen LogP contribution in [0.3, 0.4) is 0 Å². The van der Waals surface area contributed by atoms with Crippen LogP contribution < -0.4 is 19.7 Å². The van der Waals surface area contributed by atoms with Crippen LogP contribution in [0.4, 0.5) is 15.8 Å². The number of halogens is 2. The van der Waals surface area contributed by atoms with Crippen molar-refractivity contribution in [1.29, 1.82) is 0 Å². The molecule has 1 aliphatic rings. The van der Waals surface area contributed by atoms with Gasteiger partial charge in [-0.1, -0.05) is 11.6 Å². The van der Waals surface area contributed by atoms with E-state index in [9.17, 15) is 14.0 Å². The lowest BCUT2D eigenvalue weighted by molar-refractivity contribution is -0.119. The molecule has 0 aliphatic carbocycles. The molecule has 0 bridgehead atoms. The van der Waals surface area contributed by atoms with Crippen LogP contribution in [0.2, 0.25) is 5.02 Å². The maximum atomic E-state index is 13.2. The Morgan fingerprint density at radius 1 is 1.25 bits per heavy atom. The minimum Gasteiger partial charge on any atom is -0.495 e. The molecule has 1 aliphatic heterocycles. The van der Waals surface area contributed by atoms with E-state index < -0.39 is 11.7 Å². The Morgan fingerprint density at radius 2 is 2.07 bits per heavy atom. The van der Waals surface area contributed by atoms with Crippen molar-refractivity contribution in [1.82, 2.24) is 0 Å². The van der Waals surface area contributed by atoms with Crippen molar-refractivity contribution in [2.75, 3.05) is 30.5 Å².